The van der Waals surface area contributed by atoms with Crippen molar-refractivity contribution >= 4 is 11.6 Å². The fraction of sp³-hybridized carbons (Fsp3) is 0.273. The summed E-state index contributed by atoms with van der Waals surface area (Å²) in [5, 5.41) is 0.713. The quantitative estimate of drug-likeness (QED) is 0.632. The monoisotopic (exact) mass is 381 g/mol. The first-order valence-electron chi connectivity index (χ1n) is 9.24. The third-order valence-electron chi connectivity index (χ3n) is 4.91. The van der Waals surface area contributed by atoms with E-state index in [4.69, 9.17) is 21.6 Å². The summed E-state index contributed by atoms with van der Waals surface area (Å²) in [6.07, 6.45) is 1.68. The van der Waals surface area contributed by atoms with E-state index in [2.05, 4.69) is 11.8 Å². The van der Waals surface area contributed by atoms with Crippen LogP contribution in [0.5, 0.6) is 0 Å². The maximum Gasteiger partial charge on any atom is 0.129 e. The molecule has 138 valence electrons. The van der Waals surface area contributed by atoms with Crippen molar-refractivity contribution in [3.63, 3.8) is 0 Å². The van der Waals surface area contributed by atoms with E-state index >= 15 is 0 Å². The molecule has 0 radical (unpaired) electrons. The lowest BCUT2D eigenvalue weighted by atomic mass is 9.98. The second-order valence-corrected chi connectivity index (χ2v) is 7.30. The van der Waals surface area contributed by atoms with Gasteiger partial charge < -0.3 is 0 Å². The molecule has 0 saturated carbocycles. The Morgan fingerprint density at radius 1 is 1.11 bits per heavy atom. The Labute approximate surface area is 163 Å². The van der Waals surface area contributed by atoms with Crippen LogP contribution >= 0.6 is 11.6 Å². The summed E-state index contributed by atoms with van der Waals surface area (Å²) in [6.45, 7) is 4.46. The fourth-order valence-corrected chi connectivity index (χ4v) is 3.68. The van der Waals surface area contributed by atoms with E-state index in [9.17, 15) is 4.39 Å². The minimum Gasteiger partial charge on any atom is -0.294 e. The maximum atomic E-state index is 13.5. The lowest BCUT2D eigenvalue weighted by molar-refractivity contribution is 0.243. The number of nitrogens with zero attached hydrogens (tertiary/aromatic N) is 3. The van der Waals surface area contributed by atoms with E-state index < -0.39 is 0 Å². The van der Waals surface area contributed by atoms with Crippen molar-refractivity contribution in [2.24, 2.45) is 0 Å². The third-order valence-corrected chi connectivity index (χ3v) is 5.17. The lowest BCUT2D eigenvalue weighted by Crippen LogP contribution is -2.31. The molecule has 0 unspecified atom stereocenters. The summed E-state index contributed by atoms with van der Waals surface area (Å²) in [6, 6.07) is 14.6. The van der Waals surface area contributed by atoms with Crippen molar-refractivity contribution in [1.29, 1.82) is 0 Å². The molecule has 27 heavy (non-hydrogen) atoms. The standard InChI is InChI=1S/C22H21ClFN3/c1-2-21-25-20-10-11-27(13-15-4-3-5-18(24)12-15)14-19(20)22(26-21)16-6-8-17(23)9-7-16/h3-9,12H,2,10-11,13-14H2,1H3. The van der Waals surface area contributed by atoms with E-state index in [1.807, 2.05) is 30.3 Å². The number of aryl methyl sites for hydroxylation is 1. The molecule has 0 amide bonds. The first-order valence-corrected chi connectivity index (χ1v) is 9.61. The average molecular weight is 382 g/mol. The van der Waals surface area contributed by atoms with Gasteiger partial charge in [-0.25, -0.2) is 14.4 Å². The smallest absolute Gasteiger partial charge is 0.129 e. The molecule has 1 aliphatic heterocycles. The number of benzene rings is 2. The molecule has 2 aromatic carbocycles. The van der Waals surface area contributed by atoms with Crippen molar-refractivity contribution in [2.75, 3.05) is 6.54 Å². The normalized spacial score (nSPS) is 14.2. The number of hydrogen-bond acceptors (Lipinski definition) is 3. The van der Waals surface area contributed by atoms with Crippen molar-refractivity contribution in [3.8, 4) is 11.3 Å². The zero-order chi connectivity index (χ0) is 18.8. The van der Waals surface area contributed by atoms with Gasteiger partial charge in [0.1, 0.15) is 11.6 Å². The highest BCUT2D eigenvalue weighted by Gasteiger charge is 2.23. The molecule has 0 spiro atoms. The molecule has 1 aromatic heterocycles. The summed E-state index contributed by atoms with van der Waals surface area (Å²) in [5.74, 6) is 0.681. The van der Waals surface area contributed by atoms with Gasteiger partial charge in [0, 0.05) is 48.6 Å². The number of halogens is 2. The van der Waals surface area contributed by atoms with Crippen LogP contribution in [0.4, 0.5) is 4.39 Å². The number of rotatable bonds is 4. The van der Waals surface area contributed by atoms with Crippen LogP contribution in [0.1, 0.15) is 29.6 Å². The summed E-state index contributed by atoms with van der Waals surface area (Å²) in [4.78, 5) is 11.9. The second-order valence-electron chi connectivity index (χ2n) is 6.86. The SMILES string of the molecule is CCc1nc2c(c(-c3ccc(Cl)cc3)n1)CN(Cc1cccc(F)c1)CC2. The Hall–Kier alpha value is -2.30. The van der Waals surface area contributed by atoms with Gasteiger partial charge in [-0.1, -0.05) is 42.8 Å². The zero-order valence-electron chi connectivity index (χ0n) is 15.3. The Bertz CT molecular complexity index is 956. The van der Waals surface area contributed by atoms with Crippen LogP contribution in [0.2, 0.25) is 5.02 Å². The summed E-state index contributed by atoms with van der Waals surface area (Å²) >= 11 is 6.06. The van der Waals surface area contributed by atoms with Crippen molar-refractivity contribution in [3.05, 3.63) is 82.0 Å². The van der Waals surface area contributed by atoms with E-state index in [1.165, 1.54) is 6.07 Å². The number of aromatic nitrogens is 2. The molecular formula is C22H21ClFN3. The van der Waals surface area contributed by atoms with Gasteiger partial charge in [-0.05, 0) is 29.8 Å². The van der Waals surface area contributed by atoms with Crippen LogP contribution in [0.25, 0.3) is 11.3 Å². The Balaban J connectivity index is 1.67. The van der Waals surface area contributed by atoms with Gasteiger partial charge in [0.15, 0.2) is 0 Å². The highest BCUT2D eigenvalue weighted by molar-refractivity contribution is 6.30. The first-order chi connectivity index (χ1) is 13.1. The second kappa shape index (κ2) is 7.75. The molecule has 0 N–H and O–H groups in total. The largest absolute Gasteiger partial charge is 0.294 e. The minimum atomic E-state index is -0.192. The molecule has 0 bridgehead atoms. The van der Waals surface area contributed by atoms with Gasteiger partial charge in [0.05, 0.1) is 11.4 Å². The Kier molecular flexibility index (Phi) is 5.19. The number of fused-ring (bicyclic) bond motifs is 1. The highest BCUT2D eigenvalue weighted by Crippen LogP contribution is 2.30. The summed E-state index contributed by atoms with van der Waals surface area (Å²) in [7, 11) is 0. The van der Waals surface area contributed by atoms with Gasteiger partial charge >= 0.3 is 0 Å². The summed E-state index contributed by atoms with van der Waals surface area (Å²) < 4.78 is 13.5. The predicted molar refractivity (Wildman–Crippen MR) is 106 cm³/mol. The van der Waals surface area contributed by atoms with Gasteiger partial charge in [-0.15, -0.1) is 0 Å². The highest BCUT2D eigenvalue weighted by atomic mass is 35.5. The molecular weight excluding hydrogens is 361 g/mol. The molecule has 1 aliphatic rings. The first kappa shape index (κ1) is 18.1. The van der Waals surface area contributed by atoms with E-state index in [-0.39, 0.29) is 5.82 Å². The maximum absolute atomic E-state index is 13.5. The van der Waals surface area contributed by atoms with Crippen molar-refractivity contribution in [2.45, 2.75) is 32.9 Å². The van der Waals surface area contributed by atoms with Crippen molar-refractivity contribution < 1.29 is 4.39 Å². The van der Waals surface area contributed by atoms with E-state index in [1.54, 1.807) is 12.1 Å². The van der Waals surface area contributed by atoms with Gasteiger partial charge in [-0.3, -0.25) is 4.90 Å². The molecule has 0 atom stereocenters. The van der Waals surface area contributed by atoms with Gasteiger partial charge in [0.2, 0.25) is 0 Å². The van der Waals surface area contributed by atoms with Crippen LogP contribution < -0.4 is 0 Å². The molecule has 3 aromatic rings. The molecule has 5 heteroatoms. The molecule has 4 rings (SSSR count). The fourth-order valence-electron chi connectivity index (χ4n) is 3.55. The lowest BCUT2D eigenvalue weighted by Gasteiger charge is -2.29. The average Bonchev–Trinajstić information content (AvgIpc) is 2.68. The topological polar surface area (TPSA) is 29.0 Å². The van der Waals surface area contributed by atoms with Gasteiger partial charge in [-0.2, -0.15) is 0 Å². The van der Waals surface area contributed by atoms with Crippen molar-refractivity contribution in [1.82, 2.24) is 14.9 Å². The Morgan fingerprint density at radius 2 is 1.93 bits per heavy atom. The molecule has 0 fully saturated rings. The van der Waals surface area contributed by atoms with E-state index in [0.717, 1.165) is 59.8 Å². The molecule has 0 saturated heterocycles. The zero-order valence-corrected chi connectivity index (χ0v) is 16.0. The minimum absolute atomic E-state index is 0.192. The van der Waals surface area contributed by atoms with Crippen LogP contribution in [0, 0.1) is 5.82 Å². The van der Waals surface area contributed by atoms with Crippen LogP contribution in [0.3, 0.4) is 0 Å². The van der Waals surface area contributed by atoms with Gasteiger partial charge in [0.25, 0.3) is 0 Å². The molecule has 3 nitrogen and oxygen atoms in total. The predicted octanol–water partition coefficient (Wildman–Crippen LogP) is 5.06. The summed E-state index contributed by atoms with van der Waals surface area (Å²) in [5.41, 5.74) is 5.31. The number of hydrogen-bond donors (Lipinski definition) is 0. The van der Waals surface area contributed by atoms with Crippen LogP contribution in [-0.2, 0) is 25.9 Å². The van der Waals surface area contributed by atoms with Crippen LogP contribution in [-0.4, -0.2) is 21.4 Å². The Morgan fingerprint density at radius 3 is 2.67 bits per heavy atom. The molecule has 2 heterocycles. The third kappa shape index (κ3) is 4.02. The van der Waals surface area contributed by atoms with Crippen LogP contribution in [0.15, 0.2) is 48.5 Å². The van der Waals surface area contributed by atoms with E-state index in [0.29, 0.717) is 11.6 Å². The molecule has 0 aliphatic carbocycles.